The number of rotatable bonds is 7. The molecule has 0 aliphatic heterocycles. The fourth-order valence-corrected chi connectivity index (χ4v) is 1.91. The Morgan fingerprint density at radius 1 is 1.21 bits per heavy atom. The van der Waals surface area contributed by atoms with E-state index in [2.05, 4.69) is 69.0 Å². The highest BCUT2D eigenvalue weighted by Crippen LogP contribution is 2.15. The summed E-state index contributed by atoms with van der Waals surface area (Å²) in [5, 5.41) is 3.46. The van der Waals surface area contributed by atoms with Crippen molar-refractivity contribution < 1.29 is 0 Å². The molecule has 0 aromatic carbocycles. The third-order valence-electron chi connectivity index (χ3n) is 3.15. The molecule has 0 atom stereocenters. The molecule has 3 heteroatoms. The molecule has 0 saturated heterocycles. The molecule has 0 unspecified atom stereocenters. The van der Waals surface area contributed by atoms with E-state index in [1.165, 1.54) is 12.0 Å². The third kappa shape index (κ3) is 6.06. The number of anilines is 1. The van der Waals surface area contributed by atoms with Gasteiger partial charge in [0.05, 0.1) is 0 Å². The average Bonchev–Trinajstić information content (AvgIpc) is 2.32. The van der Waals surface area contributed by atoms with Gasteiger partial charge >= 0.3 is 0 Å². The topological polar surface area (TPSA) is 28.2 Å². The van der Waals surface area contributed by atoms with Gasteiger partial charge in [-0.1, -0.05) is 27.7 Å². The number of nitrogens with zero attached hydrogens (tertiary/aromatic N) is 2. The van der Waals surface area contributed by atoms with E-state index in [0.29, 0.717) is 6.04 Å². The molecular formula is C16H29N3. The van der Waals surface area contributed by atoms with Crippen molar-refractivity contribution in [2.24, 2.45) is 5.92 Å². The van der Waals surface area contributed by atoms with E-state index in [9.17, 15) is 0 Å². The zero-order valence-electron chi connectivity index (χ0n) is 13.3. The van der Waals surface area contributed by atoms with Gasteiger partial charge in [-0.25, -0.2) is 4.98 Å². The van der Waals surface area contributed by atoms with Crippen molar-refractivity contribution in [3.05, 3.63) is 23.4 Å². The van der Waals surface area contributed by atoms with Crippen LogP contribution in [-0.4, -0.2) is 24.6 Å². The Morgan fingerprint density at radius 2 is 1.89 bits per heavy atom. The molecule has 3 nitrogen and oxygen atoms in total. The lowest BCUT2D eigenvalue weighted by atomic mass is 10.1. The van der Waals surface area contributed by atoms with E-state index >= 15 is 0 Å². The fraction of sp³-hybridized carbons (Fsp3) is 0.688. The van der Waals surface area contributed by atoms with Crippen LogP contribution in [0.25, 0.3) is 0 Å². The van der Waals surface area contributed by atoms with Gasteiger partial charge in [0, 0.05) is 31.9 Å². The summed E-state index contributed by atoms with van der Waals surface area (Å²) in [6, 6.07) is 4.87. The standard InChI is InChI=1S/C16H29N3/c1-12(2)7-8-19(6)16-10-15(9-14(5)18-16)11-17-13(3)4/h9-10,12-13,17H,7-8,11H2,1-6H3. The first-order chi connectivity index (χ1) is 8.88. The van der Waals surface area contributed by atoms with Crippen LogP contribution in [0.2, 0.25) is 0 Å². The Labute approximate surface area is 118 Å². The van der Waals surface area contributed by atoms with E-state index in [1.54, 1.807) is 0 Å². The molecule has 19 heavy (non-hydrogen) atoms. The van der Waals surface area contributed by atoms with Crippen LogP contribution >= 0.6 is 0 Å². The summed E-state index contributed by atoms with van der Waals surface area (Å²) in [7, 11) is 2.13. The molecule has 0 fully saturated rings. The monoisotopic (exact) mass is 263 g/mol. The van der Waals surface area contributed by atoms with Gasteiger partial charge in [-0.15, -0.1) is 0 Å². The van der Waals surface area contributed by atoms with Crippen molar-refractivity contribution in [3.63, 3.8) is 0 Å². The first-order valence-electron chi connectivity index (χ1n) is 7.30. The Bertz CT molecular complexity index is 386. The Balaban J connectivity index is 2.72. The maximum atomic E-state index is 4.64. The Morgan fingerprint density at radius 3 is 2.47 bits per heavy atom. The smallest absolute Gasteiger partial charge is 0.128 e. The zero-order chi connectivity index (χ0) is 14.4. The first kappa shape index (κ1) is 16.0. The minimum Gasteiger partial charge on any atom is -0.360 e. The minimum atomic E-state index is 0.510. The van der Waals surface area contributed by atoms with Gasteiger partial charge in [0.25, 0.3) is 0 Å². The van der Waals surface area contributed by atoms with Crippen LogP contribution in [0.5, 0.6) is 0 Å². The summed E-state index contributed by atoms with van der Waals surface area (Å²) in [6.07, 6.45) is 1.20. The minimum absolute atomic E-state index is 0.510. The summed E-state index contributed by atoms with van der Waals surface area (Å²) in [5.74, 6) is 1.82. The lowest BCUT2D eigenvalue weighted by molar-refractivity contribution is 0.581. The molecule has 0 spiro atoms. The predicted octanol–water partition coefficient (Wildman–Crippen LogP) is 3.37. The van der Waals surface area contributed by atoms with Crippen LogP contribution in [0, 0.1) is 12.8 Å². The molecule has 0 amide bonds. The second-order valence-corrected chi connectivity index (χ2v) is 6.11. The van der Waals surface area contributed by atoms with Gasteiger partial charge in [-0.3, -0.25) is 0 Å². The molecule has 0 saturated carbocycles. The van der Waals surface area contributed by atoms with Gasteiger partial charge in [0.2, 0.25) is 0 Å². The maximum absolute atomic E-state index is 4.64. The second-order valence-electron chi connectivity index (χ2n) is 6.11. The maximum Gasteiger partial charge on any atom is 0.128 e. The van der Waals surface area contributed by atoms with Crippen molar-refractivity contribution in [3.8, 4) is 0 Å². The van der Waals surface area contributed by atoms with Crippen LogP contribution in [0.1, 0.15) is 45.4 Å². The zero-order valence-corrected chi connectivity index (χ0v) is 13.3. The molecular weight excluding hydrogens is 234 g/mol. The van der Waals surface area contributed by atoms with Gasteiger partial charge in [-0.2, -0.15) is 0 Å². The summed E-state index contributed by atoms with van der Waals surface area (Å²) in [5.41, 5.74) is 2.40. The quantitative estimate of drug-likeness (QED) is 0.817. The lowest BCUT2D eigenvalue weighted by Gasteiger charge is -2.21. The number of aromatic nitrogens is 1. The molecule has 0 bridgehead atoms. The Kier molecular flexibility index (Phi) is 6.29. The van der Waals surface area contributed by atoms with E-state index < -0.39 is 0 Å². The number of hydrogen-bond acceptors (Lipinski definition) is 3. The molecule has 0 radical (unpaired) electrons. The largest absolute Gasteiger partial charge is 0.360 e. The molecule has 1 heterocycles. The number of aryl methyl sites for hydroxylation is 1. The summed E-state index contributed by atoms with van der Waals surface area (Å²) >= 11 is 0. The molecule has 0 aliphatic rings. The molecule has 1 aromatic rings. The van der Waals surface area contributed by atoms with E-state index in [1.807, 2.05) is 0 Å². The number of pyridine rings is 1. The van der Waals surface area contributed by atoms with Gasteiger partial charge in [0.1, 0.15) is 5.82 Å². The number of hydrogen-bond donors (Lipinski definition) is 1. The van der Waals surface area contributed by atoms with Gasteiger partial charge < -0.3 is 10.2 Å². The van der Waals surface area contributed by atoms with Crippen LogP contribution in [0.3, 0.4) is 0 Å². The predicted molar refractivity (Wildman–Crippen MR) is 83.7 cm³/mol. The third-order valence-corrected chi connectivity index (χ3v) is 3.15. The summed E-state index contributed by atoms with van der Waals surface area (Å²) < 4.78 is 0. The van der Waals surface area contributed by atoms with E-state index in [0.717, 1.165) is 30.5 Å². The highest BCUT2D eigenvalue weighted by Gasteiger charge is 2.06. The highest BCUT2D eigenvalue weighted by molar-refractivity contribution is 5.41. The second kappa shape index (κ2) is 7.49. The molecule has 108 valence electrons. The summed E-state index contributed by atoms with van der Waals surface area (Å²) in [6.45, 7) is 12.9. The molecule has 1 rings (SSSR count). The van der Waals surface area contributed by atoms with Crippen LogP contribution in [0.15, 0.2) is 12.1 Å². The van der Waals surface area contributed by atoms with Crippen LogP contribution in [-0.2, 0) is 6.54 Å². The van der Waals surface area contributed by atoms with Crippen LogP contribution < -0.4 is 10.2 Å². The van der Waals surface area contributed by atoms with Gasteiger partial charge in [-0.05, 0) is 37.0 Å². The van der Waals surface area contributed by atoms with Crippen LogP contribution in [0.4, 0.5) is 5.82 Å². The van der Waals surface area contributed by atoms with Gasteiger partial charge in [0.15, 0.2) is 0 Å². The SMILES string of the molecule is Cc1cc(CNC(C)C)cc(N(C)CCC(C)C)n1. The number of nitrogens with one attached hydrogen (secondary N) is 1. The molecule has 1 aromatic heterocycles. The van der Waals surface area contributed by atoms with Crippen molar-refractivity contribution >= 4 is 5.82 Å². The first-order valence-corrected chi connectivity index (χ1v) is 7.30. The summed E-state index contributed by atoms with van der Waals surface area (Å²) in [4.78, 5) is 6.89. The van der Waals surface area contributed by atoms with Crippen molar-refractivity contribution in [2.75, 3.05) is 18.5 Å². The van der Waals surface area contributed by atoms with Crippen molar-refractivity contribution in [1.82, 2.24) is 10.3 Å². The highest BCUT2D eigenvalue weighted by atomic mass is 15.2. The van der Waals surface area contributed by atoms with Crippen molar-refractivity contribution in [1.29, 1.82) is 0 Å². The van der Waals surface area contributed by atoms with E-state index in [4.69, 9.17) is 0 Å². The molecule has 0 aliphatic carbocycles. The van der Waals surface area contributed by atoms with E-state index in [-0.39, 0.29) is 0 Å². The lowest BCUT2D eigenvalue weighted by Crippen LogP contribution is -2.24. The normalized spacial score (nSPS) is 11.4. The molecule has 1 N–H and O–H groups in total. The van der Waals surface area contributed by atoms with Crippen molar-refractivity contribution in [2.45, 2.75) is 53.6 Å². The average molecular weight is 263 g/mol. The Hall–Kier alpha value is -1.09. The fourth-order valence-electron chi connectivity index (χ4n) is 1.91.